The zero-order valence-corrected chi connectivity index (χ0v) is 14.2. The Bertz CT molecular complexity index is 881. The molecule has 3 aromatic rings. The van der Waals surface area contributed by atoms with Crippen molar-refractivity contribution in [2.45, 2.75) is 13.0 Å². The van der Waals surface area contributed by atoms with Crippen LogP contribution in [0, 0.1) is 0 Å². The molecular weight excluding hydrogens is 370 g/mol. The number of anilines is 1. The second-order valence-electron chi connectivity index (χ2n) is 4.67. The molecule has 0 saturated heterocycles. The lowest BCUT2D eigenvalue weighted by molar-refractivity contribution is -0.137. The van der Waals surface area contributed by atoms with E-state index in [4.69, 9.17) is 9.84 Å². The Labute approximate surface area is 138 Å². The van der Waals surface area contributed by atoms with Crippen LogP contribution in [0.4, 0.5) is 5.82 Å². The Hall–Kier alpha value is -1.93. The van der Waals surface area contributed by atoms with Gasteiger partial charge in [-0.05, 0) is 28.9 Å². The van der Waals surface area contributed by atoms with Gasteiger partial charge in [0.1, 0.15) is 23.0 Å². The highest BCUT2D eigenvalue weighted by Gasteiger charge is 2.19. The van der Waals surface area contributed by atoms with Crippen LogP contribution in [-0.2, 0) is 4.79 Å². The number of aromatic nitrogens is 2. The van der Waals surface area contributed by atoms with E-state index in [0.717, 1.165) is 30.5 Å². The van der Waals surface area contributed by atoms with E-state index in [1.165, 1.54) is 17.7 Å². The summed E-state index contributed by atoms with van der Waals surface area (Å²) in [6.07, 6.45) is 1.43. The minimum atomic E-state index is -0.938. The van der Waals surface area contributed by atoms with E-state index in [0.29, 0.717) is 5.82 Å². The van der Waals surface area contributed by atoms with Crippen LogP contribution in [0.15, 0.2) is 22.9 Å². The van der Waals surface area contributed by atoms with Gasteiger partial charge in [-0.1, -0.05) is 6.07 Å². The number of methoxy groups -OCH3 is 1. The molecule has 0 aliphatic heterocycles. The number of nitrogens with one attached hydrogen (secondary N) is 1. The Morgan fingerprint density at radius 1 is 1.45 bits per heavy atom. The van der Waals surface area contributed by atoms with Gasteiger partial charge in [0.15, 0.2) is 5.75 Å². The number of aliphatic carboxylic acids is 1. The third-order valence-electron chi connectivity index (χ3n) is 3.27. The molecule has 2 aromatic heterocycles. The van der Waals surface area contributed by atoms with Gasteiger partial charge in [0, 0.05) is 5.39 Å². The first-order valence-electron chi connectivity index (χ1n) is 6.42. The monoisotopic (exact) mass is 381 g/mol. The molecule has 0 fully saturated rings. The van der Waals surface area contributed by atoms with E-state index in [-0.39, 0.29) is 0 Å². The standard InChI is InChI=1S/C14H12BrN3O3S/c1-6(14(19)20)18-12-9-7-3-4-8(15)10(21-2)11(7)22-13(9)17-5-16-12/h3-6H,1-2H3,(H,19,20)(H,16,17,18)/t6-/m1/s1. The number of hydrogen-bond donors (Lipinski definition) is 2. The van der Waals surface area contributed by atoms with Crippen LogP contribution in [-0.4, -0.2) is 34.2 Å². The molecule has 0 unspecified atom stereocenters. The normalized spacial score (nSPS) is 12.5. The predicted octanol–water partition coefficient (Wildman–Crippen LogP) is 3.50. The molecule has 0 aliphatic rings. The molecule has 0 spiro atoms. The van der Waals surface area contributed by atoms with Gasteiger partial charge in [-0.15, -0.1) is 11.3 Å². The predicted molar refractivity (Wildman–Crippen MR) is 89.9 cm³/mol. The summed E-state index contributed by atoms with van der Waals surface area (Å²) in [4.78, 5) is 20.3. The van der Waals surface area contributed by atoms with Crippen molar-refractivity contribution in [2.75, 3.05) is 12.4 Å². The van der Waals surface area contributed by atoms with Crippen molar-refractivity contribution in [3.05, 3.63) is 22.9 Å². The van der Waals surface area contributed by atoms with Crippen LogP contribution in [0.25, 0.3) is 20.3 Å². The fourth-order valence-electron chi connectivity index (χ4n) is 2.19. The first-order chi connectivity index (χ1) is 10.5. The number of benzene rings is 1. The molecule has 6 nitrogen and oxygen atoms in total. The SMILES string of the molecule is COc1c(Br)ccc2c1sc1ncnc(N[C@H](C)C(=O)O)c12. The highest BCUT2D eigenvalue weighted by Crippen LogP contribution is 2.43. The molecule has 1 aromatic carbocycles. The van der Waals surface area contributed by atoms with E-state index in [1.807, 2.05) is 12.1 Å². The van der Waals surface area contributed by atoms with Crippen LogP contribution >= 0.6 is 27.3 Å². The van der Waals surface area contributed by atoms with Gasteiger partial charge in [0.2, 0.25) is 0 Å². The van der Waals surface area contributed by atoms with Crippen molar-refractivity contribution in [3.8, 4) is 5.75 Å². The molecule has 0 amide bonds. The zero-order chi connectivity index (χ0) is 15.9. The molecule has 2 heterocycles. The van der Waals surface area contributed by atoms with Crippen molar-refractivity contribution < 1.29 is 14.6 Å². The molecule has 114 valence electrons. The number of nitrogens with zero attached hydrogens (tertiary/aromatic N) is 2. The Morgan fingerprint density at radius 3 is 2.91 bits per heavy atom. The van der Waals surface area contributed by atoms with Crippen LogP contribution in [0.3, 0.4) is 0 Å². The lowest BCUT2D eigenvalue weighted by Crippen LogP contribution is -2.25. The molecule has 22 heavy (non-hydrogen) atoms. The van der Waals surface area contributed by atoms with Gasteiger partial charge in [-0.3, -0.25) is 4.79 Å². The summed E-state index contributed by atoms with van der Waals surface area (Å²) in [5.74, 6) is 0.305. The number of carboxylic acid groups (broad SMARTS) is 1. The largest absolute Gasteiger partial charge is 0.494 e. The van der Waals surface area contributed by atoms with Crippen molar-refractivity contribution in [1.82, 2.24) is 9.97 Å². The minimum Gasteiger partial charge on any atom is -0.494 e. The highest BCUT2D eigenvalue weighted by molar-refractivity contribution is 9.10. The summed E-state index contributed by atoms with van der Waals surface area (Å²) in [5, 5.41) is 13.7. The van der Waals surface area contributed by atoms with E-state index < -0.39 is 12.0 Å². The lowest BCUT2D eigenvalue weighted by atomic mass is 10.2. The number of carbonyl (C=O) groups is 1. The number of halogens is 1. The topological polar surface area (TPSA) is 84.3 Å². The molecule has 2 N–H and O–H groups in total. The van der Waals surface area contributed by atoms with Gasteiger partial charge >= 0.3 is 5.97 Å². The minimum absolute atomic E-state index is 0.510. The smallest absolute Gasteiger partial charge is 0.325 e. The number of fused-ring (bicyclic) bond motifs is 3. The second kappa shape index (κ2) is 5.69. The quantitative estimate of drug-likeness (QED) is 0.719. The van der Waals surface area contributed by atoms with Gasteiger partial charge in [0.05, 0.1) is 21.7 Å². The molecule has 0 bridgehead atoms. The average molecular weight is 382 g/mol. The third-order valence-corrected chi connectivity index (χ3v) is 5.01. The van der Waals surface area contributed by atoms with E-state index in [2.05, 4.69) is 31.2 Å². The van der Waals surface area contributed by atoms with E-state index in [1.54, 1.807) is 14.0 Å². The second-order valence-corrected chi connectivity index (χ2v) is 6.52. The molecule has 0 radical (unpaired) electrons. The first kappa shape index (κ1) is 15.0. The summed E-state index contributed by atoms with van der Waals surface area (Å²) in [6.45, 7) is 1.57. The lowest BCUT2D eigenvalue weighted by Gasteiger charge is -2.10. The maximum Gasteiger partial charge on any atom is 0.325 e. The number of rotatable bonds is 4. The fraction of sp³-hybridized carbons (Fsp3) is 0.214. The van der Waals surface area contributed by atoms with Crippen LogP contribution in [0.1, 0.15) is 6.92 Å². The van der Waals surface area contributed by atoms with Crippen molar-refractivity contribution in [3.63, 3.8) is 0 Å². The molecular formula is C14H12BrN3O3S. The van der Waals surface area contributed by atoms with E-state index in [9.17, 15) is 4.79 Å². The molecule has 8 heteroatoms. The van der Waals surface area contributed by atoms with Crippen LogP contribution in [0.5, 0.6) is 5.75 Å². The fourth-order valence-corrected chi connectivity index (χ4v) is 3.98. The summed E-state index contributed by atoms with van der Waals surface area (Å²) in [5.41, 5.74) is 0. The van der Waals surface area contributed by atoms with Crippen molar-refractivity contribution in [2.24, 2.45) is 0 Å². The Balaban J connectivity index is 2.27. The highest BCUT2D eigenvalue weighted by atomic mass is 79.9. The molecule has 3 rings (SSSR count). The van der Waals surface area contributed by atoms with Crippen LogP contribution < -0.4 is 10.1 Å². The number of carboxylic acids is 1. The Morgan fingerprint density at radius 2 is 2.23 bits per heavy atom. The average Bonchev–Trinajstić information content (AvgIpc) is 2.86. The number of ether oxygens (including phenoxy) is 1. The van der Waals surface area contributed by atoms with E-state index >= 15 is 0 Å². The van der Waals surface area contributed by atoms with Gasteiger partial charge < -0.3 is 15.2 Å². The third kappa shape index (κ3) is 2.38. The maximum atomic E-state index is 11.1. The summed E-state index contributed by atoms with van der Waals surface area (Å²) in [6, 6.07) is 3.09. The maximum absolute atomic E-state index is 11.1. The van der Waals surface area contributed by atoms with Crippen LogP contribution in [0.2, 0.25) is 0 Å². The molecule has 0 aliphatic carbocycles. The Kier molecular flexibility index (Phi) is 3.88. The summed E-state index contributed by atoms with van der Waals surface area (Å²) >= 11 is 4.95. The van der Waals surface area contributed by atoms with Crippen molar-refractivity contribution >= 4 is 59.4 Å². The molecule has 1 atom stereocenters. The van der Waals surface area contributed by atoms with Gasteiger partial charge in [0.25, 0.3) is 0 Å². The van der Waals surface area contributed by atoms with Gasteiger partial charge in [-0.25, -0.2) is 9.97 Å². The molecule has 0 saturated carbocycles. The van der Waals surface area contributed by atoms with Crippen molar-refractivity contribution in [1.29, 1.82) is 0 Å². The first-order valence-corrected chi connectivity index (χ1v) is 8.03. The number of hydrogen-bond acceptors (Lipinski definition) is 6. The van der Waals surface area contributed by atoms with Gasteiger partial charge in [-0.2, -0.15) is 0 Å². The zero-order valence-electron chi connectivity index (χ0n) is 11.8. The summed E-state index contributed by atoms with van der Waals surface area (Å²) < 4.78 is 7.25. The number of thiophene rings is 1. The summed E-state index contributed by atoms with van der Waals surface area (Å²) in [7, 11) is 1.61.